The predicted molar refractivity (Wildman–Crippen MR) is 418 cm³/mol. The summed E-state index contributed by atoms with van der Waals surface area (Å²) in [4.78, 5) is 23.1. The lowest BCUT2D eigenvalue weighted by molar-refractivity contribution is -0.176. The van der Waals surface area contributed by atoms with Crippen LogP contribution in [0.3, 0.4) is 0 Å². The molecule has 19 N–H and O–H groups in total. The van der Waals surface area contributed by atoms with E-state index in [1.807, 2.05) is 44.2 Å². The van der Waals surface area contributed by atoms with E-state index in [1.54, 1.807) is 28.8 Å². The highest BCUT2D eigenvalue weighted by atomic mass is 79.9. The van der Waals surface area contributed by atoms with Crippen molar-refractivity contribution < 1.29 is 113 Å². The van der Waals surface area contributed by atoms with E-state index in [-0.39, 0.29) is 5.92 Å². The lowest BCUT2D eigenvalue weighted by Gasteiger charge is -2.22. The smallest absolute Gasteiger partial charge is 0.337 e. The Balaban J connectivity index is -0.000000101. The van der Waals surface area contributed by atoms with Gasteiger partial charge < -0.3 is 40.5 Å². The van der Waals surface area contributed by atoms with Crippen molar-refractivity contribution in [2.75, 3.05) is 56.4 Å². The van der Waals surface area contributed by atoms with Crippen LogP contribution in [0.1, 0.15) is 236 Å². The van der Waals surface area contributed by atoms with Crippen molar-refractivity contribution in [3.8, 4) is 0 Å². The molecule has 101 heavy (non-hydrogen) atoms. The molecule has 0 aliphatic heterocycles. The summed E-state index contributed by atoms with van der Waals surface area (Å²) in [5.74, 6) is 1.97. The Kier molecular flexibility index (Phi) is 104. The van der Waals surface area contributed by atoms with Crippen LogP contribution in [0.4, 0.5) is 0 Å². The first-order chi connectivity index (χ1) is 48.6. The van der Waals surface area contributed by atoms with Crippen molar-refractivity contribution >= 4 is 62.5 Å². The third-order valence-electron chi connectivity index (χ3n) is 15.2. The van der Waals surface area contributed by atoms with E-state index < -0.39 is 18.4 Å². The summed E-state index contributed by atoms with van der Waals surface area (Å²) in [7, 11) is 7.30. The molecule has 0 fully saturated rings. The highest BCUT2D eigenvalue weighted by Gasteiger charge is 2.18. The number of halogens is 4. The fraction of sp³-hybridized carbons (Fsp3) is 0.493. The Hall–Kier alpha value is -4.95. The van der Waals surface area contributed by atoms with E-state index in [0.29, 0.717) is 44.3 Å². The van der Waals surface area contributed by atoms with Crippen LogP contribution in [-0.2, 0) is 23.0 Å². The van der Waals surface area contributed by atoms with E-state index in [1.165, 1.54) is 91.3 Å². The lowest BCUT2D eigenvalue weighted by atomic mass is 9.82. The number of rotatable bonds is 15. The average molecular weight is 1570 g/mol. The summed E-state index contributed by atoms with van der Waals surface area (Å²) in [6.07, 6.45) is 12.3. The molecule has 0 aromatic heterocycles. The topological polar surface area (TPSA) is 428 Å². The fourth-order valence-electron chi connectivity index (χ4n) is 8.38. The maximum Gasteiger partial charge on any atom is 0.337 e. The molecule has 22 nitrogen and oxygen atoms in total. The van der Waals surface area contributed by atoms with Crippen molar-refractivity contribution in [3.63, 3.8) is 0 Å². The molecular formula is C75H128BrCl3O22. The van der Waals surface area contributed by atoms with Crippen LogP contribution < -0.4 is 0 Å². The molecule has 0 bridgehead atoms. The number of hydrogen-bond acceptors (Lipinski definition) is 22. The fourth-order valence-corrected chi connectivity index (χ4v) is 9.23. The van der Waals surface area contributed by atoms with Crippen LogP contribution in [0.5, 0.6) is 0 Å². The van der Waals surface area contributed by atoms with Crippen molar-refractivity contribution in [2.45, 2.75) is 189 Å². The zero-order chi connectivity index (χ0) is 81.7. The predicted octanol–water partition coefficient (Wildman–Crippen LogP) is 19.7. The molecule has 0 amide bonds. The molecule has 0 saturated carbocycles. The number of aliphatic hydroxyl groups is 7. The summed E-state index contributed by atoms with van der Waals surface area (Å²) in [5.41, 5.74) is 12.3. The molecule has 5 atom stereocenters. The minimum atomic E-state index is -0.565. The summed E-state index contributed by atoms with van der Waals surface area (Å²) < 4.78 is 5.84. The Bertz CT molecular complexity index is 2650. The first-order valence-corrected chi connectivity index (χ1v) is 33.9. The summed E-state index contributed by atoms with van der Waals surface area (Å²) in [5, 5.41) is 125. The molecule has 6 aromatic carbocycles. The minimum Gasteiger partial charge on any atom is -0.465 e. The highest BCUT2D eigenvalue weighted by molar-refractivity contribution is 9.10. The number of hydrogen-bond donors (Lipinski definition) is 19. The van der Waals surface area contributed by atoms with Gasteiger partial charge in [-0.1, -0.05) is 220 Å². The van der Waals surface area contributed by atoms with Crippen LogP contribution in [0.25, 0.3) is 0 Å². The third kappa shape index (κ3) is 57.1. The number of benzene rings is 6. The number of aryl methyl sites for hydroxylation is 1. The van der Waals surface area contributed by atoms with Crippen molar-refractivity contribution in [3.05, 3.63) is 209 Å². The van der Waals surface area contributed by atoms with Gasteiger partial charge in [0.05, 0.1) is 22.7 Å². The second kappa shape index (κ2) is 87.5. The van der Waals surface area contributed by atoms with Crippen LogP contribution in [-0.4, -0.2) is 167 Å². The number of aliphatic hydroxyl groups excluding tert-OH is 7. The van der Waals surface area contributed by atoms with Crippen molar-refractivity contribution in [2.24, 2.45) is 0 Å². The van der Waals surface area contributed by atoms with E-state index in [2.05, 4.69) is 182 Å². The summed E-state index contributed by atoms with van der Waals surface area (Å²) in [6, 6.07) is 44.9. The Morgan fingerprint density at radius 2 is 0.842 bits per heavy atom. The zero-order valence-electron chi connectivity index (χ0n) is 63.1. The monoisotopic (exact) mass is 1560 g/mol. The summed E-state index contributed by atoms with van der Waals surface area (Å²) >= 11 is 20.9. The van der Waals surface area contributed by atoms with Crippen LogP contribution in [0.15, 0.2) is 138 Å². The van der Waals surface area contributed by atoms with Gasteiger partial charge in [-0.2, -0.15) is 0 Å². The lowest BCUT2D eigenvalue weighted by Crippen LogP contribution is -2.14. The number of esters is 1. The van der Waals surface area contributed by atoms with E-state index in [4.69, 9.17) is 134 Å². The summed E-state index contributed by atoms with van der Waals surface area (Å²) in [6.45, 7) is 28.1. The standard InChI is InChI=1S/C14H18O4.C14H20.C11H16.C10H13Br.C10H12Cl2.C10H13Cl.6CH4O.6H2O2/c1-4-9(2)10-5-11(13(16)8-15)7-12(6-10)14(17)18-3;1-3-11(2)13-10-6-8-12-7-4-5-9-14(12)13;1-4-11(2,3)10-8-6-5-7-9-10;1-3-8(2)9-5-4-6-10(11)7-9;1-3-7(2)8-4-5-9(11)10(12)6-8;1-3-8(2)9-4-6-10(11)7-5-9;12*1-2/h5-7,9,15H,4,8H2,1-3H3;6,8,10-11H,3-5,7,9H2,1-2H3;5-9H,4H2,1-3H3;4-8H,3H2,1-2H3;4-7H,3H2,1-2H3;4-8H,3H2,1-2H3;6*2H,1H3;6*1-2H. The van der Waals surface area contributed by atoms with Gasteiger partial charge in [-0.3, -0.25) is 67.9 Å². The van der Waals surface area contributed by atoms with Gasteiger partial charge in [0, 0.05) is 57.7 Å². The van der Waals surface area contributed by atoms with Gasteiger partial charge >= 0.3 is 5.97 Å². The largest absolute Gasteiger partial charge is 0.465 e. The van der Waals surface area contributed by atoms with Gasteiger partial charge in [-0.25, -0.2) is 4.79 Å². The SMILES string of the molecule is CCC(C)(C)c1ccccc1.CCC(C)c1cc(C(=O)CO)cc(C(=O)OC)c1.CCC(C)c1ccc(Cl)c(Cl)c1.CCC(C)c1ccc(Cl)cc1.CCC(C)c1cccc(Br)c1.CCC(C)c1cccc2c1CCCC2.CO.CO.CO.CO.CO.CO.OO.OO.OO.OO.OO.OO. The zero-order valence-corrected chi connectivity index (χ0v) is 67.0. The molecule has 6 aromatic rings. The van der Waals surface area contributed by atoms with Gasteiger partial charge in [0.2, 0.25) is 0 Å². The van der Waals surface area contributed by atoms with Gasteiger partial charge in [-0.05, 0) is 198 Å². The van der Waals surface area contributed by atoms with Gasteiger partial charge in [0.25, 0.3) is 0 Å². The third-order valence-corrected chi connectivity index (χ3v) is 16.7. The second-order valence-electron chi connectivity index (χ2n) is 21.0. The molecule has 5 unspecified atom stereocenters. The maximum atomic E-state index is 11.5. The Morgan fingerprint density at radius 1 is 0.446 bits per heavy atom. The molecule has 1 aliphatic rings. The molecule has 0 saturated heterocycles. The van der Waals surface area contributed by atoms with Crippen LogP contribution in [0, 0.1) is 0 Å². The molecule has 0 heterocycles. The molecule has 588 valence electrons. The Labute approximate surface area is 626 Å². The van der Waals surface area contributed by atoms with Crippen molar-refractivity contribution in [1.29, 1.82) is 0 Å². The number of ketones is 1. The number of ether oxygens (including phenoxy) is 1. The number of fused-ring (bicyclic) bond motifs is 1. The second-order valence-corrected chi connectivity index (χ2v) is 23.2. The van der Waals surface area contributed by atoms with E-state index in [9.17, 15) is 9.59 Å². The first-order valence-electron chi connectivity index (χ1n) is 32.0. The van der Waals surface area contributed by atoms with Crippen LogP contribution >= 0.6 is 50.7 Å². The first kappa shape index (κ1) is 120. The maximum absolute atomic E-state index is 11.5. The minimum absolute atomic E-state index is 0.236. The molecule has 1 aliphatic carbocycles. The molecule has 0 radical (unpaired) electrons. The molecule has 7 rings (SSSR count). The van der Waals surface area contributed by atoms with E-state index >= 15 is 0 Å². The number of Topliss-reactive ketones (excluding diaryl/α,β-unsaturated/α-hetero) is 1. The van der Waals surface area contributed by atoms with Gasteiger partial charge in [0.1, 0.15) is 6.61 Å². The normalized spacial score (nSPS) is 10.9. The highest BCUT2D eigenvalue weighted by Crippen LogP contribution is 2.32. The molecule has 26 heteroatoms. The van der Waals surface area contributed by atoms with Gasteiger partial charge in [-0.15, -0.1) is 0 Å². The number of carbonyl (C=O) groups is 2. The number of carbonyl (C=O) groups excluding carboxylic acids is 2. The van der Waals surface area contributed by atoms with Crippen LogP contribution in [0.2, 0.25) is 15.1 Å². The average Bonchev–Trinajstić information content (AvgIpc) is 0.835. The number of methoxy groups -OCH3 is 1. The van der Waals surface area contributed by atoms with Gasteiger partial charge in [0.15, 0.2) is 5.78 Å². The van der Waals surface area contributed by atoms with Crippen molar-refractivity contribution in [1.82, 2.24) is 0 Å². The molecule has 0 spiro atoms. The quantitative estimate of drug-likeness (QED) is 0.0196. The van der Waals surface area contributed by atoms with E-state index in [0.717, 1.165) is 72.0 Å². The Morgan fingerprint density at radius 3 is 1.25 bits per heavy atom. The molecular weight excluding hydrogens is 1440 g/mol.